The molecule has 4 aliphatic rings. The molecule has 1 amide bonds. The summed E-state index contributed by atoms with van der Waals surface area (Å²) < 4.78 is 42.0. The van der Waals surface area contributed by atoms with Crippen molar-refractivity contribution in [2.45, 2.75) is 108 Å². The molecule has 1 spiro atoms. The average Bonchev–Trinajstić information content (AvgIpc) is 3.74. The molecule has 1 atom stereocenters. The topological polar surface area (TPSA) is 173 Å². The number of aromatic nitrogens is 3. The molecule has 5 aromatic rings. The maximum atomic E-state index is 14.0. The van der Waals surface area contributed by atoms with Gasteiger partial charge < -0.3 is 19.4 Å². The number of piperidine rings is 1. The summed E-state index contributed by atoms with van der Waals surface area (Å²) in [5.41, 5.74) is 4.65. The first-order chi connectivity index (χ1) is 30.7. The monoisotopic (exact) mass is 889 g/mol. The van der Waals surface area contributed by atoms with Gasteiger partial charge in [0.1, 0.15) is 27.7 Å². The molecule has 2 N–H and O–H groups in total. The van der Waals surface area contributed by atoms with Crippen LogP contribution in [0.1, 0.15) is 118 Å². The van der Waals surface area contributed by atoms with Crippen LogP contribution in [-0.4, -0.2) is 78.0 Å². The van der Waals surface area contributed by atoms with Crippen LogP contribution in [0.3, 0.4) is 0 Å². The first-order valence-corrected chi connectivity index (χ1v) is 24.3. The quantitative estimate of drug-likeness (QED) is 0.0903. The fraction of sp³-hybridized carbons (Fsp3) is 0.490. The number of morpholine rings is 1. The molecule has 2 aromatic carbocycles. The molecule has 4 fully saturated rings. The van der Waals surface area contributed by atoms with Crippen LogP contribution in [0.2, 0.25) is 0 Å². The predicted octanol–water partition coefficient (Wildman–Crippen LogP) is 9.48. The van der Waals surface area contributed by atoms with E-state index >= 15 is 0 Å². The van der Waals surface area contributed by atoms with Crippen LogP contribution >= 0.6 is 0 Å². The number of hydrogen-bond donors (Lipinski definition) is 2. The lowest BCUT2D eigenvalue weighted by Gasteiger charge is -2.57. The van der Waals surface area contributed by atoms with E-state index in [1.807, 2.05) is 12.1 Å². The smallest absolute Gasteiger partial charge is 0.292 e. The van der Waals surface area contributed by atoms with Crippen molar-refractivity contribution >= 4 is 38.3 Å². The van der Waals surface area contributed by atoms with Crippen LogP contribution in [0, 0.1) is 26.9 Å². The van der Waals surface area contributed by atoms with Gasteiger partial charge in [0, 0.05) is 61.3 Å². The number of nitrogens with one attached hydrogen (secondary N) is 2. The highest BCUT2D eigenvalue weighted by molar-refractivity contribution is 7.90. The Hall–Kier alpha value is -5.38. The second kappa shape index (κ2) is 17.5. The lowest BCUT2D eigenvalue weighted by molar-refractivity contribution is -0.386. The molecule has 2 saturated heterocycles. The molecule has 2 saturated carbocycles. The van der Waals surface area contributed by atoms with E-state index in [4.69, 9.17) is 9.47 Å². The normalized spacial score (nSPS) is 20.6. The number of ether oxygens (including phenoxy) is 2. The molecular weight excluding hydrogens is 831 g/mol. The van der Waals surface area contributed by atoms with Crippen LogP contribution in [-0.2, 0) is 21.2 Å². The molecule has 338 valence electrons. The minimum Gasteiger partial charge on any atom is -0.455 e. The highest BCUT2D eigenvalue weighted by Gasteiger charge is 2.50. The second-order valence-electron chi connectivity index (χ2n) is 19.7. The fourth-order valence-electron chi connectivity index (χ4n) is 10.7. The number of carbonyl (C=O) groups excluding carboxylic acids is 1. The number of H-pyrrole nitrogens is 1. The Morgan fingerprint density at radius 1 is 1.00 bits per heavy atom. The number of rotatable bonds is 12. The van der Waals surface area contributed by atoms with Crippen molar-refractivity contribution in [2.75, 3.05) is 37.7 Å². The van der Waals surface area contributed by atoms with E-state index in [-0.39, 0.29) is 45.5 Å². The summed E-state index contributed by atoms with van der Waals surface area (Å²) in [6, 6.07) is 19.4. The molecule has 64 heavy (non-hydrogen) atoms. The van der Waals surface area contributed by atoms with Gasteiger partial charge in [-0.15, -0.1) is 0 Å². The number of pyridine rings is 2. The number of hydrogen-bond acceptors (Lipinski definition) is 11. The minimum atomic E-state index is -4.58. The molecule has 14 nitrogen and oxygen atoms in total. The number of anilines is 1. The molecule has 0 radical (unpaired) electrons. The molecule has 9 rings (SSSR count). The van der Waals surface area contributed by atoms with E-state index < -0.39 is 25.7 Å². The molecule has 5 heterocycles. The average molecular weight is 890 g/mol. The van der Waals surface area contributed by atoms with E-state index in [9.17, 15) is 23.3 Å². The van der Waals surface area contributed by atoms with Crippen molar-refractivity contribution < 1.29 is 27.6 Å². The first-order valence-electron chi connectivity index (χ1n) is 22.8. The number of fused-ring (bicyclic) bond motifs is 1. The molecule has 2 aliphatic carbocycles. The van der Waals surface area contributed by atoms with Crippen molar-refractivity contribution in [3.05, 3.63) is 112 Å². The zero-order valence-electron chi connectivity index (χ0n) is 37.2. The third kappa shape index (κ3) is 9.12. The van der Waals surface area contributed by atoms with Gasteiger partial charge in [-0.05, 0) is 116 Å². The number of sulfonamides is 1. The molecular formula is C49H59N7O7S. The Bertz CT molecular complexity index is 2640. The number of carbonyl (C=O) groups is 1. The van der Waals surface area contributed by atoms with Crippen molar-refractivity contribution in [1.82, 2.24) is 24.6 Å². The Morgan fingerprint density at radius 3 is 2.52 bits per heavy atom. The third-order valence-corrected chi connectivity index (χ3v) is 15.9. The number of nitro groups is 1. The van der Waals surface area contributed by atoms with Crippen LogP contribution in [0.4, 0.5) is 11.4 Å². The lowest BCUT2D eigenvalue weighted by Crippen LogP contribution is -2.58. The summed E-state index contributed by atoms with van der Waals surface area (Å²) in [5.74, 6) is 0.244. The summed E-state index contributed by atoms with van der Waals surface area (Å²) in [5, 5.41) is 13.0. The van der Waals surface area contributed by atoms with Crippen LogP contribution in [0.5, 0.6) is 11.5 Å². The molecule has 0 bridgehead atoms. The third-order valence-electron chi connectivity index (χ3n) is 14.6. The largest absolute Gasteiger partial charge is 0.455 e. The van der Waals surface area contributed by atoms with Gasteiger partial charge in [-0.3, -0.25) is 24.8 Å². The highest BCUT2D eigenvalue weighted by atomic mass is 32.2. The Morgan fingerprint density at radius 2 is 1.77 bits per heavy atom. The van der Waals surface area contributed by atoms with Crippen molar-refractivity contribution in [3.8, 4) is 11.5 Å². The van der Waals surface area contributed by atoms with Gasteiger partial charge in [0.2, 0.25) is 0 Å². The number of amides is 1. The second-order valence-corrected chi connectivity index (χ2v) is 21.4. The van der Waals surface area contributed by atoms with E-state index in [0.29, 0.717) is 36.4 Å². The maximum absolute atomic E-state index is 14.0. The molecule has 3 aromatic heterocycles. The predicted molar refractivity (Wildman–Crippen MR) is 245 cm³/mol. The van der Waals surface area contributed by atoms with Gasteiger partial charge in [0.05, 0.1) is 35.9 Å². The highest BCUT2D eigenvalue weighted by Crippen LogP contribution is 2.53. The first kappa shape index (κ1) is 43.9. The summed E-state index contributed by atoms with van der Waals surface area (Å²) in [6.45, 7) is 13.0. The molecule has 2 aliphatic heterocycles. The van der Waals surface area contributed by atoms with Crippen LogP contribution < -0.4 is 14.4 Å². The Kier molecular flexibility index (Phi) is 12.0. The van der Waals surface area contributed by atoms with Gasteiger partial charge in [0.15, 0.2) is 0 Å². The van der Waals surface area contributed by atoms with Gasteiger partial charge in [-0.25, -0.2) is 18.1 Å². The molecule has 0 unspecified atom stereocenters. The number of aromatic amines is 1. The number of nitrogens with zero attached hydrogens (tertiary/aromatic N) is 5. The SMILES string of the molecule is CC(C)c1ccccc1[C@H]1COCCN1C1CC2(CCN(c3ccc(C(=O)NS(=O)(=O)c4cnc(CC5CCC(C)(C)CC5)c([N+](=O)[O-])c4)c(Oc4cnc5[nH]ccc5c4)c3)CC2)C1. The summed E-state index contributed by atoms with van der Waals surface area (Å²) in [4.78, 5) is 41.9. The van der Waals surface area contributed by atoms with Crippen molar-refractivity contribution in [1.29, 1.82) is 0 Å². The summed E-state index contributed by atoms with van der Waals surface area (Å²) in [6.07, 6.45) is 13.0. The minimum absolute atomic E-state index is 0.0183. The van der Waals surface area contributed by atoms with E-state index in [1.165, 1.54) is 11.1 Å². The number of benzene rings is 2. The maximum Gasteiger partial charge on any atom is 0.292 e. The summed E-state index contributed by atoms with van der Waals surface area (Å²) >= 11 is 0. The Balaban J connectivity index is 0.908. The summed E-state index contributed by atoms with van der Waals surface area (Å²) in [7, 11) is -4.58. The van der Waals surface area contributed by atoms with E-state index in [0.717, 1.165) is 101 Å². The van der Waals surface area contributed by atoms with E-state index in [2.05, 4.69) is 81.4 Å². The standard InChI is InChI=1S/C49H59N7O7S/c1-32(2)39-7-5-6-8-40(39)44-31-62-22-21-55(44)36-27-49(28-36)16-19-54(20-17-49)35-9-10-41(45(25-35)63-37-24-34-13-18-50-46(34)52-29-37)47(57)53-64(60,61)38-26-43(56(58)59)42(51-30-38)23-33-11-14-48(3,4)15-12-33/h5-10,13,18,24-26,29-30,32-33,36,44H,11-12,14-17,19-23,27-28,31H2,1-4H3,(H,50,52)(H,53,57)/t44-/m1/s1. The van der Waals surface area contributed by atoms with E-state index in [1.54, 1.807) is 30.6 Å². The van der Waals surface area contributed by atoms with Crippen molar-refractivity contribution in [2.24, 2.45) is 16.7 Å². The van der Waals surface area contributed by atoms with Gasteiger partial charge in [-0.2, -0.15) is 0 Å². The lowest BCUT2D eigenvalue weighted by atomic mass is 9.59. The van der Waals surface area contributed by atoms with Gasteiger partial charge in [0.25, 0.3) is 21.6 Å². The van der Waals surface area contributed by atoms with Crippen molar-refractivity contribution in [3.63, 3.8) is 0 Å². The van der Waals surface area contributed by atoms with Gasteiger partial charge in [-0.1, -0.05) is 52.0 Å². The van der Waals surface area contributed by atoms with Crippen LogP contribution in [0.25, 0.3) is 11.0 Å². The van der Waals surface area contributed by atoms with Gasteiger partial charge >= 0.3 is 0 Å². The zero-order chi connectivity index (χ0) is 44.8. The Labute approximate surface area is 375 Å². The molecule has 15 heteroatoms. The fourth-order valence-corrected chi connectivity index (χ4v) is 11.6. The zero-order valence-corrected chi connectivity index (χ0v) is 38.0. The van der Waals surface area contributed by atoms with Crippen LogP contribution in [0.15, 0.2) is 84.1 Å².